The van der Waals surface area contributed by atoms with E-state index < -0.39 is 0 Å². The summed E-state index contributed by atoms with van der Waals surface area (Å²) in [6, 6.07) is 1.85. The largest absolute Gasteiger partial charge is 0.395 e. The first kappa shape index (κ1) is 15.7. The quantitative estimate of drug-likeness (QED) is 0.787. The topological polar surface area (TPSA) is 70.4 Å². The highest BCUT2D eigenvalue weighted by atomic mass is 16.3. The lowest BCUT2D eigenvalue weighted by molar-refractivity contribution is 0.0939. The predicted octanol–water partition coefficient (Wildman–Crippen LogP) is 0.777. The second-order valence-electron chi connectivity index (χ2n) is 5.59. The normalized spacial score (nSPS) is 15.2. The zero-order valence-electron chi connectivity index (χ0n) is 12.8. The van der Waals surface area contributed by atoms with E-state index in [0.717, 1.165) is 38.3 Å². The van der Waals surface area contributed by atoms with E-state index in [2.05, 4.69) is 35.2 Å². The van der Waals surface area contributed by atoms with E-state index in [-0.39, 0.29) is 19.1 Å². The van der Waals surface area contributed by atoms with Gasteiger partial charge in [0, 0.05) is 32.7 Å². The zero-order valence-corrected chi connectivity index (χ0v) is 12.8. The number of allylic oxidation sites excluding steroid dienone is 1. The van der Waals surface area contributed by atoms with Crippen LogP contribution < -0.4 is 5.32 Å². The van der Waals surface area contributed by atoms with Gasteiger partial charge in [0.15, 0.2) is 0 Å². The van der Waals surface area contributed by atoms with Crippen LogP contribution in [-0.4, -0.2) is 51.9 Å². The van der Waals surface area contributed by atoms with Crippen LogP contribution in [0.25, 0.3) is 0 Å². The molecule has 1 amide bonds. The number of hydrogen-bond acceptors (Lipinski definition) is 4. The number of carbonyl (C=O) groups is 1. The summed E-state index contributed by atoms with van der Waals surface area (Å²) in [6.07, 6.45) is 3.25. The highest BCUT2D eigenvalue weighted by Gasteiger charge is 2.18. The lowest BCUT2D eigenvalue weighted by Crippen LogP contribution is -2.27. The van der Waals surface area contributed by atoms with Crippen molar-refractivity contribution in [1.82, 2.24) is 20.0 Å². The Morgan fingerprint density at radius 2 is 2.29 bits per heavy atom. The van der Waals surface area contributed by atoms with E-state index in [1.807, 2.05) is 10.7 Å². The summed E-state index contributed by atoms with van der Waals surface area (Å²) in [4.78, 5) is 14.2. The highest BCUT2D eigenvalue weighted by molar-refractivity contribution is 5.92. The third kappa shape index (κ3) is 4.41. The zero-order chi connectivity index (χ0) is 15.2. The van der Waals surface area contributed by atoms with Crippen molar-refractivity contribution < 1.29 is 9.90 Å². The Hall–Kier alpha value is -1.66. The molecule has 0 radical (unpaired) electrons. The molecule has 1 aromatic rings. The van der Waals surface area contributed by atoms with Crippen LogP contribution in [0.3, 0.4) is 0 Å². The molecule has 0 aromatic carbocycles. The maximum Gasteiger partial charge on any atom is 0.271 e. The minimum atomic E-state index is -0.222. The molecule has 2 heterocycles. The van der Waals surface area contributed by atoms with Gasteiger partial charge in [-0.3, -0.25) is 14.4 Å². The van der Waals surface area contributed by atoms with Gasteiger partial charge < -0.3 is 10.4 Å². The number of aromatic nitrogens is 2. The molecule has 6 nitrogen and oxygen atoms in total. The Labute approximate surface area is 125 Å². The van der Waals surface area contributed by atoms with Crippen molar-refractivity contribution in [3.8, 4) is 0 Å². The predicted molar refractivity (Wildman–Crippen MR) is 81.0 cm³/mol. The van der Waals surface area contributed by atoms with Crippen molar-refractivity contribution in [2.45, 2.75) is 33.4 Å². The van der Waals surface area contributed by atoms with Gasteiger partial charge in [-0.05, 0) is 26.3 Å². The number of hydrogen-bond donors (Lipinski definition) is 2. The number of aryl methyl sites for hydroxylation is 1. The van der Waals surface area contributed by atoms with Crippen LogP contribution in [0.2, 0.25) is 0 Å². The first-order chi connectivity index (χ1) is 10.1. The first-order valence-corrected chi connectivity index (χ1v) is 7.41. The third-order valence-corrected chi connectivity index (χ3v) is 3.48. The molecule has 0 saturated heterocycles. The Bertz CT molecular complexity index is 518. The number of aliphatic hydroxyl groups excluding tert-OH is 1. The summed E-state index contributed by atoms with van der Waals surface area (Å²) in [5.74, 6) is -0.222. The van der Waals surface area contributed by atoms with Crippen LogP contribution in [0, 0.1) is 0 Å². The molecule has 1 aromatic heterocycles. The summed E-state index contributed by atoms with van der Waals surface area (Å²) < 4.78 is 1.93. The van der Waals surface area contributed by atoms with Crippen molar-refractivity contribution >= 4 is 5.91 Å². The number of nitrogens with zero attached hydrogens (tertiary/aromatic N) is 3. The van der Waals surface area contributed by atoms with Gasteiger partial charge >= 0.3 is 0 Å². The highest BCUT2D eigenvalue weighted by Crippen LogP contribution is 2.14. The molecule has 0 fully saturated rings. The monoisotopic (exact) mass is 292 g/mol. The Morgan fingerprint density at radius 3 is 3.00 bits per heavy atom. The Morgan fingerprint density at radius 1 is 1.48 bits per heavy atom. The second kappa shape index (κ2) is 7.38. The number of nitrogens with one attached hydrogen (secondary N) is 1. The van der Waals surface area contributed by atoms with Crippen LogP contribution in [-0.2, 0) is 13.1 Å². The molecular formula is C15H24N4O2. The van der Waals surface area contributed by atoms with Gasteiger partial charge in [0.25, 0.3) is 5.91 Å². The maximum atomic E-state index is 11.9. The fourth-order valence-corrected chi connectivity index (χ4v) is 2.37. The van der Waals surface area contributed by atoms with E-state index >= 15 is 0 Å². The van der Waals surface area contributed by atoms with Gasteiger partial charge in [-0.15, -0.1) is 0 Å². The smallest absolute Gasteiger partial charge is 0.271 e. The molecule has 1 aliphatic heterocycles. The summed E-state index contributed by atoms with van der Waals surface area (Å²) in [5, 5.41) is 15.8. The van der Waals surface area contributed by atoms with Crippen molar-refractivity contribution in [3.63, 3.8) is 0 Å². The molecule has 2 N–H and O–H groups in total. The molecule has 116 valence electrons. The van der Waals surface area contributed by atoms with E-state index in [9.17, 15) is 4.79 Å². The summed E-state index contributed by atoms with van der Waals surface area (Å²) in [6.45, 7) is 8.03. The van der Waals surface area contributed by atoms with Gasteiger partial charge in [-0.2, -0.15) is 5.10 Å². The van der Waals surface area contributed by atoms with Crippen LogP contribution in [0.1, 0.15) is 36.5 Å². The summed E-state index contributed by atoms with van der Waals surface area (Å²) in [7, 11) is 0. The van der Waals surface area contributed by atoms with Gasteiger partial charge in [-0.1, -0.05) is 11.6 Å². The van der Waals surface area contributed by atoms with Gasteiger partial charge in [0.1, 0.15) is 5.69 Å². The molecule has 6 heteroatoms. The average Bonchev–Trinajstić information content (AvgIpc) is 2.75. The lowest BCUT2D eigenvalue weighted by Gasteiger charge is -2.17. The summed E-state index contributed by atoms with van der Waals surface area (Å²) >= 11 is 0. The number of aliphatic hydroxyl groups is 1. The van der Waals surface area contributed by atoms with E-state index in [1.54, 1.807) is 0 Å². The molecule has 0 unspecified atom stereocenters. The molecule has 2 rings (SSSR count). The maximum absolute atomic E-state index is 11.9. The minimum Gasteiger partial charge on any atom is -0.395 e. The van der Waals surface area contributed by atoms with Gasteiger partial charge in [-0.25, -0.2) is 0 Å². The van der Waals surface area contributed by atoms with Crippen LogP contribution in [0.15, 0.2) is 17.7 Å². The minimum absolute atomic E-state index is 0.0597. The van der Waals surface area contributed by atoms with E-state index in [1.165, 1.54) is 5.57 Å². The Kier molecular flexibility index (Phi) is 5.52. The van der Waals surface area contributed by atoms with Crippen molar-refractivity contribution in [1.29, 1.82) is 0 Å². The SMILES string of the molecule is CC(C)=CCN1CCCn2nc(C(=O)NCCO)cc2C1. The fourth-order valence-electron chi connectivity index (χ4n) is 2.37. The molecule has 0 bridgehead atoms. The fraction of sp³-hybridized carbons (Fsp3) is 0.600. The molecule has 0 saturated carbocycles. The van der Waals surface area contributed by atoms with Gasteiger partial charge in [0.2, 0.25) is 0 Å². The average molecular weight is 292 g/mol. The molecule has 21 heavy (non-hydrogen) atoms. The standard InChI is InChI=1S/C15H24N4O2/c1-12(2)4-8-18-6-3-7-19-13(11-18)10-14(17-19)15(21)16-5-9-20/h4,10,20H,3,5-9,11H2,1-2H3,(H,16,21). The molecule has 1 aliphatic rings. The van der Waals surface area contributed by atoms with Crippen molar-refractivity contribution in [2.75, 3.05) is 26.2 Å². The Balaban J connectivity index is 2.06. The summed E-state index contributed by atoms with van der Waals surface area (Å²) in [5.41, 5.74) is 2.82. The molecule has 0 aliphatic carbocycles. The number of fused-ring (bicyclic) bond motifs is 1. The third-order valence-electron chi connectivity index (χ3n) is 3.48. The molecular weight excluding hydrogens is 268 g/mol. The van der Waals surface area contributed by atoms with E-state index in [4.69, 9.17) is 5.11 Å². The second-order valence-corrected chi connectivity index (χ2v) is 5.59. The number of rotatable bonds is 5. The van der Waals surface area contributed by atoms with Crippen LogP contribution >= 0.6 is 0 Å². The van der Waals surface area contributed by atoms with Gasteiger partial charge in [0.05, 0.1) is 12.3 Å². The van der Waals surface area contributed by atoms with Crippen LogP contribution in [0.5, 0.6) is 0 Å². The first-order valence-electron chi connectivity index (χ1n) is 7.41. The van der Waals surface area contributed by atoms with Crippen molar-refractivity contribution in [2.24, 2.45) is 0 Å². The van der Waals surface area contributed by atoms with E-state index in [0.29, 0.717) is 5.69 Å². The lowest BCUT2D eigenvalue weighted by atomic mass is 10.3. The van der Waals surface area contributed by atoms with Crippen LogP contribution in [0.4, 0.5) is 0 Å². The molecule has 0 atom stereocenters. The number of amides is 1. The van der Waals surface area contributed by atoms with Crippen molar-refractivity contribution in [3.05, 3.63) is 29.1 Å². The molecule has 0 spiro atoms. The number of carbonyl (C=O) groups excluding carboxylic acids is 1.